The monoisotopic (exact) mass is 219 g/mol. The molecule has 0 unspecified atom stereocenters. The first kappa shape index (κ1) is 9.84. The van der Waals surface area contributed by atoms with E-state index in [1.54, 1.807) is 12.4 Å². The Kier molecular flexibility index (Phi) is 2.40. The molecule has 1 aromatic heterocycles. The first-order chi connectivity index (χ1) is 7.86. The van der Waals surface area contributed by atoms with Crippen molar-refractivity contribution in [1.29, 1.82) is 0 Å². The van der Waals surface area contributed by atoms with Crippen molar-refractivity contribution in [2.45, 2.75) is 31.7 Å². The molecule has 2 saturated carbocycles. The number of nitrogens with one attached hydrogen (secondary N) is 2. The van der Waals surface area contributed by atoms with E-state index in [-0.39, 0.29) is 0 Å². The van der Waals surface area contributed by atoms with E-state index in [1.165, 1.54) is 25.7 Å². The van der Waals surface area contributed by atoms with Crippen LogP contribution in [0.1, 0.15) is 25.7 Å². The molecule has 5 heteroatoms. The van der Waals surface area contributed by atoms with Crippen LogP contribution in [0.3, 0.4) is 0 Å². The molecule has 16 heavy (non-hydrogen) atoms. The molecule has 0 radical (unpaired) electrons. The number of aromatic nitrogens is 2. The van der Waals surface area contributed by atoms with Crippen LogP contribution in [0, 0.1) is 11.8 Å². The number of hydrazine groups is 1. The molecule has 86 valence electrons. The molecule has 2 aliphatic carbocycles. The highest BCUT2D eigenvalue weighted by atomic mass is 15.3. The molecule has 0 amide bonds. The lowest BCUT2D eigenvalue weighted by molar-refractivity contribution is 0.565. The van der Waals surface area contributed by atoms with Gasteiger partial charge in [0.25, 0.3) is 0 Å². The first-order valence-electron chi connectivity index (χ1n) is 5.92. The Morgan fingerprint density at radius 1 is 1.12 bits per heavy atom. The van der Waals surface area contributed by atoms with Crippen molar-refractivity contribution < 1.29 is 0 Å². The molecular formula is C11H17N5. The summed E-state index contributed by atoms with van der Waals surface area (Å²) in [4.78, 5) is 8.44. The lowest BCUT2D eigenvalue weighted by Gasteiger charge is -2.18. The average Bonchev–Trinajstić information content (AvgIpc) is 3.18. The Morgan fingerprint density at radius 2 is 1.75 bits per heavy atom. The van der Waals surface area contributed by atoms with E-state index in [0.717, 1.165) is 17.7 Å². The molecule has 0 saturated heterocycles. The summed E-state index contributed by atoms with van der Waals surface area (Å²) in [6.45, 7) is 0. The summed E-state index contributed by atoms with van der Waals surface area (Å²) in [5.74, 6) is 8.45. The second-order valence-corrected chi connectivity index (χ2v) is 4.78. The Labute approximate surface area is 94.8 Å². The van der Waals surface area contributed by atoms with Crippen LogP contribution in [0.4, 0.5) is 11.6 Å². The number of hydrogen-bond donors (Lipinski definition) is 3. The Hall–Kier alpha value is -1.36. The molecule has 0 aliphatic heterocycles. The van der Waals surface area contributed by atoms with Gasteiger partial charge in [-0.05, 0) is 37.5 Å². The van der Waals surface area contributed by atoms with Crippen LogP contribution < -0.4 is 16.6 Å². The van der Waals surface area contributed by atoms with E-state index in [4.69, 9.17) is 5.84 Å². The van der Waals surface area contributed by atoms with Crippen LogP contribution in [0.25, 0.3) is 0 Å². The summed E-state index contributed by atoms with van der Waals surface area (Å²) in [6.07, 6.45) is 8.81. The summed E-state index contributed by atoms with van der Waals surface area (Å²) >= 11 is 0. The third-order valence-electron chi connectivity index (χ3n) is 3.36. The van der Waals surface area contributed by atoms with Gasteiger partial charge in [0.05, 0.1) is 12.4 Å². The molecule has 0 atom stereocenters. The average molecular weight is 219 g/mol. The lowest BCUT2D eigenvalue weighted by Crippen LogP contribution is -2.25. The fourth-order valence-corrected chi connectivity index (χ4v) is 2.21. The number of nitrogen functional groups attached to an aromatic ring is 1. The molecule has 4 N–H and O–H groups in total. The van der Waals surface area contributed by atoms with Crippen molar-refractivity contribution in [3.63, 3.8) is 0 Å². The molecule has 1 aromatic rings. The lowest BCUT2D eigenvalue weighted by atomic mass is 10.1. The van der Waals surface area contributed by atoms with Crippen LogP contribution >= 0.6 is 0 Å². The molecule has 3 rings (SSSR count). The predicted molar refractivity (Wildman–Crippen MR) is 62.7 cm³/mol. The van der Waals surface area contributed by atoms with Crippen LogP contribution in [-0.4, -0.2) is 16.0 Å². The summed E-state index contributed by atoms with van der Waals surface area (Å²) < 4.78 is 0. The predicted octanol–water partition coefficient (Wildman–Crippen LogP) is 1.36. The third kappa shape index (κ3) is 2.09. The summed E-state index contributed by atoms with van der Waals surface area (Å²) in [5.41, 5.74) is 2.52. The van der Waals surface area contributed by atoms with Crippen LogP contribution in [0.15, 0.2) is 12.4 Å². The van der Waals surface area contributed by atoms with Gasteiger partial charge in [-0.1, -0.05) is 0 Å². The van der Waals surface area contributed by atoms with Crippen molar-refractivity contribution in [1.82, 2.24) is 9.97 Å². The molecule has 0 aromatic carbocycles. The first-order valence-corrected chi connectivity index (χ1v) is 5.92. The number of nitrogens with two attached hydrogens (primary N) is 1. The molecular weight excluding hydrogens is 202 g/mol. The van der Waals surface area contributed by atoms with Gasteiger partial charge >= 0.3 is 0 Å². The van der Waals surface area contributed by atoms with Gasteiger partial charge in [0.2, 0.25) is 0 Å². The van der Waals surface area contributed by atoms with Crippen molar-refractivity contribution in [3.05, 3.63) is 12.4 Å². The normalized spacial score (nSPS) is 19.9. The van der Waals surface area contributed by atoms with Crippen LogP contribution in [0.5, 0.6) is 0 Å². The maximum absolute atomic E-state index is 5.31. The van der Waals surface area contributed by atoms with Crippen molar-refractivity contribution in [3.8, 4) is 0 Å². The van der Waals surface area contributed by atoms with Gasteiger partial charge in [0.1, 0.15) is 5.82 Å². The molecule has 0 bridgehead atoms. The fourth-order valence-electron chi connectivity index (χ4n) is 2.21. The minimum Gasteiger partial charge on any atom is -0.365 e. The molecule has 0 spiro atoms. The maximum Gasteiger partial charge on any atom is 0.160 e. The summed E-state index contributed by atoms with van der Waals surface area (Å²) in [6, 6.07) is 0.599. The highest BCUT2D eigenvalue weighted by molar-refractivity contribution is 5.42. The highest BCUT2D eigenvalue weighted by Gasteiger charge is 2.41. The molecule has 5 nitrogen and oxygen atoms in total. The zero-order valence-electron chi connectivity index (χ0n) is 9.19. The standard InChI is InChI=1S/C11H17N5/c12-16-10-6-13-5-9(14-10)15-11(7-1-2-7)8-3-4-8/h5-8,11H,1-4,12H2,(H2,14,15,16). The van der Waals surface area contributed by atoms with Gasteiger partial charge in [0, 0.05) is 6.04 Å². The van der Waals surface area contributed by atoms with E-state index in [9.17, 15) is 0 Å². The topological polar surface area (TPSA) is 75.9 Å². The van der Waals surface area contributed by atoms with Crippen molar-refractivity contribution >= 4 is 11.6 Å². The molecule has 2 aliphatic rings. The number of nitrogens with zero attached hydrogens (tertiary/aromatic N) is 2. The van der Waals surface area contributed by atoms with E-state index in [1.807, 2.05) is 0 Å². The van der Waals surface area contributed by atoms with Gasteiger partial charge in [-0.15, -0.1) is 0 Å². The minimum atomic E-state index is 0.599. The largest absolute Gasteiger partial charge is 0.365 e. The van der Waals surface area contributed by atoms with Crippen LogP contribution in [0.2, 0.25) is 0 Å². The molecule has 2 fully saturated rings. The Morgan fingerprint density at radius 3 is 2.31 bits per heavy atom. The zero-order chi connectivity index (χ0) is 11.0. The Bertz CT molecular complexity index is 360. The Balaban J connectivity index is 1.70. The summed E-state index contributed by atoms with van der Waals surface area (Å²) in [5, 5.41) is 3.51. The highest BCUT2D eigenvalue weighted by Crippen LogP contribution is 2.45. The van der Waals surface area contributed by atoms with Gasteiger partial charge in [0.15, 0.2) is 5.82 Å². The number of anilines is 2. The van der Waals surface area contributed by atoms with Gasteiger partial charge in [-0.25, -0.2) is 10.8 Å². The smallest absolute Gasteiger partial charge is 0.160 e. The molecule has 1 heterocycles. The van der Waals surface area contributed by atoms with Crippen LogP contribution in [-0.2, 0) is 0 Å². The zero-order valence-corrected chi connectivity index (χ0v) is 9.19. The van der Waals surface area contributed by atoms with Gasteiger partial charge in [-0.2, -0.15) is 0 Å². The number of hydrogen-bond acceptors (Lipinski definition) is 5. The van der Waals surface area contributed by atoms with E-state index in [0.29, 0.717) is 11.9 Å². The second kappa shape index (κ2) is 3.90. The second-order valence-electron chi connectivity index (χ2n) is 4.78. The van der Waals surface area contributed by atoms with Gasteiger partial charge in [-0.3, -0.25) is 4.98 Å². The van der Waals surface area contributed by atoms with E-state index in [2.05, 4.69) is 20.7 Å². The minimum absolute atomic E-state index is 0.599. The van der Waals surface area contributed by atoms with Crippen molar-refractivity contribution in [2.24, 2.45) is 17.7 Å². The number of rotatable bonds is 5. The quantitative estimate of drug-likeness (QED) is 0.515. The third-order valence-corrected chi connectivity index (χ3v) is 3.36. The fraction of sp³-hybridized carbons (Fsp3) is 0.636. The maximum atomic E-state index is 5.31. The van der Waals surface area contributed by atoms with E-state index < -0.39 is 0 Å². The SMILES string of the molecule is NNc1cncc(NC(C2CC2)C2CC2)n1. The van der Waals surface area contributed by atoms with Crippen molar-refractivity contribution in [2.75, 3.05) is 10.7 Å². The van der Waals surface area contributed by atoms with Gasteiger partial charge < -0.3 is 10.7 Å². The van der Waals surface area contributed by atoms with E-state index >= 15 is 0 Å². The summed E-state index contributed by atoms with van der Waals surface area (Å²) in [7, 11) is 0.